The van der Waals surface area contributed by atoms with Crippen LogP contribution in [0.4, 0.5) is 5.69 Å². The van der Waals surface area contributed by atoms with Gasteiger partial charge in [-0.1, -0.05) is 66.7 Å². The molecule has 0 aliphatic carbocycles. The van der Waals surface area contributed by atoms with Crippen LogP contribution in [0.15, 0.2) is 78.9 Å². The SMILES string of the molecule is O=C(NCc1cccc(CN2CCCC2)c1)/C(=C/c1cccc([N+](=O)[O-])c1)c1ccccc1. The van der Waals surface area contributed by atoms with Crippen LogP contribution in [0, 0.1) is 10.1 Å². The van der Waals surface area contributed by atoms with Gasteiger partial charge in [0.2, 0.25) is 0 Å². The minimum absolute atomic E-state index is 0.00797. The van der Waals surface area contributed by atoms with Gasteiger partial charge in [-0.05, 0) is 54.3 Å². The van der Waals surface area contributed by atoms with Crippen molar-refractivity contribution in [1.82, 2.24) is 10.2 Å². The number of hydrogen-bond donors (Lipinski definition) is 1. The molecule has 4 rings (SSSR count). The van der Waals surface area contributed by atoms with Gasteiger partial charge >= 0.3 is 0 Å². The predicted molar refractivity (Wildman–Crippen MR) is 130 cm³/mol. The minimum atomic E-state index is -0.436. The summed E-state index contributed by atoms with van der Waals surface area (Å²) in [5.41, 5.74) is 4.10. The number of carbonyl (C=O) groups excluding carboxylic acids is 1. The molecule has 0 spiro atoms. The van der Waals surface area contributed by atoms with Crippen LogP contribution in [0.25, 0.3) is 11.6 Å². The summed E-state index contributed by atoms with van der Waals surface area (Å²) in [5.74, 6) is -0.224. The maximum absolute atomic E-state index is 13.2. The fourth-order valence-electron chi connectivity index (χ4n) is 4.11. The molecule has 168 valence electrons. The average molecular weight is 442 g/mol. The molecule has 3 aromatic rings. The Labute approximate surface area is 193 Å². The molecule has 1 N–H and O–H groups in total. The summed E-state index contributed by atoms with van der Waals surface area (Å²) in [4.78, 5) is 26.3. The molecule has 1 aliphatic heterocycles. The van der Waals surface area contributed by atoms with Gasteiger partial charge in [-0.15, -0.1) is 0 Å². The molecule has 0 saturated carbocycles. The van der Waals surface area contributed by atoms with Crippen molar-refractivity contribution in [3.63, 3.8) is 0 Å². The van der Waals surface area contributed by atoms with Crippen molar-refractivity contribution in [2.75, 3.05) is 13.1 Å². The number of hydrogen-bond acceptors (Lipinski definition) is 4. The normalized spacial score (nSPS) is 14.2. The van der Waals surface area contributed by atoms with Crippen LogP contribution < -0.4 is 5.32 Å². The third-order valence-corrected chi connectivity index (χ3v) is 5.77. The van der Waals surface area contributed by atoms with E-state index in [1.807, 2.05) is 42.5 Å². The lowest BCUT2D eigenvalue weighted by molar-refractivity contribution is -0.384. The Morgan fingerprint density at radius 2 is 1.67 bits per heavy atom. The summed E-state index contributed by atoms with van der Waals surface area (Å²) in [7, 11) is 0. The number of amides is 1. The molecular formula is C27H27N3O3. The molecule has 6 nitrogen and oxygen atoms in total. The van der Waals surface area contributed by atoms with Crippen molar-refractivity contribution < 1.29 is 9.72 Å². The molecule has 1 heterocycles. The van der Waals surface area contributed by atoms with Crippen molar-refractivity contribution >= 4 is 23.2 Å². The summed E-state index contributed by atoms with van der Waals surface area (Å²) in [6, 6.07) is 23.9. The third-order valence-electron chi connectivity index (χ3n) is 5.77. The van der Waals surface area contributed by atoms with E-state index in [9.17, 15) is 14.9 Å². The largest absolute Gasteiger partial charge is 0.348 e. The molecule has 0 atom stereocenters. The molecule has 3 aromatic carbocycles. The van der Waals surface area contributed by atoms with Gasteiger partial charge < -0.3 is 5.32 Å². The summed E-state index contributed by atoms with van der Waals surface area (Å²) in [6.45, 7) is 3.63. The van der Waals surface area contributed by atoms with Crippen LogP contribution in [-0.2, 0) is 17.9 Å². The van der Waals surface area contributed by atoms with Gasteiger partial charge in [0.1, 0.15) is 0 Å². The fourth-order valence-corrected chi connectivity index (χ4v) is 4.11. The van der Waals surface area contributed by atoms with Gasteiger partial charge in [-0.2, -0.15) is 0 Å². The van der Waals surface area contributed by atoms with Crippen LogP contribution in [0.1, 0.15) is 35.1 Å². The monoisotopic (exact) mass is 441 g/mol. The highest BCUT2D eigenvalue weighted by atomic mass is 16.6. The first-order chi connectivity index (χ1) is 16.1. The Morgan fingerprint density at radius 3 is 2.42 bits per heavy atom. The lowest BCUT2D eigenvalue weighted by Crippen LogP contribution is -2.24. The number of benzene rings is 3. The number of nitro benzene ring substituents is 1. The van der Waals surface area contributed by atoms with Gasteiger partial charge in [-0.25, -0.2) is 0 Å². The number of rotatable bonds is 8. The van der Waals surface area contributed by atoms with Crippen LogP contribution in [0.2, 0.25) is 0 Å². The molecule has 0 unspecified atom stereocenters. The maximum Gasteiger partial charge on any atom is 0.270 e. The van der Waals surface area contributed by atoms with E-state index in [1.54, 1.807) is 18.2 Å². The van der Waals surface area contributed by atoms with Gasteiger partial charge in [0.05, 0.1) is 4.92 Å². The molecule has 1 saturated heterocycles. The summed E-state index contributed by atoms with van der Waals surface area (Å²) >= 11 is 0. The van der Waals surface area contributed by atoms with E-state index < -0.39 is 4.92 Å². The van der Waals surface area contributed by atoms with Crippen LogP contribution >= 0.6 is 0 Å². The van der Waals surface area contributed by atoms with Gasteiger partial charge in [-0.3, -0.25) is 19.8 Å². The second-order valence-corrected chi connectivity index (χ2v) is 8.26. The van der Waals surface area contributed by atoms with Crippen LogP contribution in [0.3, 0.4) is 0 Å². The Morgan fingerprint density at radius 1 is 0.939 bits per heavy atom. The first kappa shape index (κ1) is 22.4. The number of nitrogens with one attached hydrogen (secondary N) is 1. The molecule has 0 aromatic heterocycles. The predicted octanol–water partition coefficient (Wildman–Crippen LogP) is 5.05. The van der Waals surface area contributed by atoms with E-state index in [1.165, 1.54) is 30.5 Å². The number of non-ortho nitro benzene ring substituents is 1. The number of carbonyl (C=O) groups is 1. The zero-order valence-corrected chi connectivity index (χ0v) is 18.4. The molecule has 1 aliphatic rings. The molecule has 33 heavy (non-hydrogen) atoms. The number of nitrogens with zero attached hydrogens (tertiary/aromatic N) is 2. The standard InChI is InChI=1S/C27H27N3O3/c31-27(28-19-22-9-6-10-23(16-22)20-29-14-4-5-15-29)26(24-11-2-1-3-12-24)18-21-8-7-13-25(17-21)30(32)33/h1-3,6-13,16-18H,4-5,14-15,19-20H2,(H,28,31)/b26-18+. The van der Waals surface area contributed by atoms with Gasteiger partial charge in [0, 0.05) is 30.8 Å². The molecule has 1 amide bonds. The second-order valence-electron chi connectivity index (χ2n) is 8.26. The Bertz CT molecular complexity index is 1150. The smallest absolute Gasteiger partial charge is 0.270 e. The van der Waals surface area contributed by atoms with Gasteiger partial charge in [0.15, 0.2) is 0 Å². The van der Waals surface area contributed by atoms with Crippen molar-refractivity contribution in [3.05, 3.63) is 111 Å². The fraction of sp³-hybridized carbons (Fsp3) is 0.222. The van der Waals surface area contributed by atoms with E-state index in [4.69, 9.17) is 0 Å². The Kier molecular flexibility index (Phi) is 7.27. The Balaban J connectivity index is 1.51. The van der Waals surface area contributed by atoms with Crippen LogP contribution in [0.5, 0.6) is 0 Å². The van der Waals surface area contributed by atoms with Crippen molar-refractivity contribution in [2.24, 2.45) is 0 Å². The maximum atomic E-state index is 13.2. The molecular weight excluding hydrogens is 414 g/mol. The Hall–Kier alpha value is -3.77. The summed E-state index contributed by atoms with van der Waals surface area (Å²) < 4.78 is 0. The highest BCUT2D eigenvalue weighted by Crippen LogP contribution is 2.22. The molecule has 1 fully saturated rings. The minimum Gasteiger partial charge on any atom is -0.348 e. The molecule has 0 radical (unpaired) electrons. The summed E-state index contributed by atoms with van der Waals surface area (Å²) in [6.07, 6.45) is 4.21. The highest BCUT2D eigenvalue weighted by molar-refractivity contribution is 6.24. The van der Waals surface area contributed by atoms with E-state index in [0.29, 0.717) is 17.7 Å². The average Bonchev–Trinajstić information content (AvgIpc) is 3.35. The first-order valence-electron chi connectivity index (χ1n) is 11.2. The van der Waals surface area contributed by atoms with E-state index in [-0.39, 0.29) is 11.6 Å². The number of likely N-dealkylation sites (tertiary alicyclic amines) is 1. The first-order valence-corrected chi connectivity index (χ1v) is 11.2. The lowest BCUT2D eigenvalue weighted by atomic mass is 10.0. The van der Waals surface area contributed by atoms with E-state index >= 15 is 0 Å². The van der Waals surface area contributed by atoms with Crippen molar-refractivity contribution in [1.29, 1.82) is 0 Å². The quantitative estimate of drug-likeness (QED) is 0.230. The van der Waals surface area contributed by atoms with Gasteiger partial charge in [0.25, 0.3) is 11.6 Å². The van der Waals surface area contributed by atoms with E-state index in [2.05, 4.69) is 22.3 Å². The van der Waals surface area contributed by atoms with Crippen molar-refractivity contribution in [2.45, 2.75) is 25.9 Å². The molecule has 6 heteroatoms. The summed E-state index contributed by atoms with van der Waals surface area (Å²) in [5, 5.41) is 14.2. The lowest BCUT2D eigenvalue weighted by Gasteiger charge is -2.15. The molecule has 0 bridgehead atoms. The zero-order valence-electron chi connectivity index (χ0n) is 18.4. The zero-order chi connectivity index (χ0) is 23.0. The highest BCUT2D eigenvalue weighted by Gasteiger charge is 2.14. The second kappa shape index (κ2) is 10.7. The third kappa shape index (κ3) is 6.14. The van der Waals surface area contributed by atoms with Crippen molar-refractivity contribution in [3.8, 4) is 0 Å². The van der Waals surface area contributed by atoms with E-state index in [0.717, 1.165) is 30.8 Å². The number of nitro groups is 1. The topological polar surface area (TPSA) is 75.5 Å². The van der Waals surface area contributed by atoms with Crippen LogP contribution in [-0.4, -0.2) is 28.8 Å².